The summed E-state index contributed by atoms with van der Waals surface area (Å²) in [5.74, 6) is -0.335. The van der Waals surface area contributed by atoms with Crippen LogP contribution in [0, 0.1) is 0 Å². The van der Waals surface area contributed by atoms with E-state index in [1.54, 1.807) is 22.7 Å². The lowest BCUT2D eigenvalue weighted by molar-refractivity contribution is -0.126. The molecule has 0 radical (unpaired) electrons. The van der Waals surface area contributed by atoms with Crippen LogP contribution in [-0.4, -0.2) is 39.3 Å². The molecule has 4 rings (SSSR count). The molecule has 1 aliphatic rings. The van der Waals surface area contributed by atoms with Gasteiger partial charge in [0.1, 0.15) is 11.7 Å². The molecule has 2 aromatic heterocycles. The topological polar surface area (TPSA) is 87.2 Å². The number of nitrogens with one attached hydrogen (secondary N) is 2. The van der Waals surface area contributed by atoms with E-state index in [1.165, 1.54) is 11.3 Å². The summed E-state index contributed by atoms with van der Waals surface area (Å²) >= 11 is 1.38. The van der Waals surface area contributed by atoms with E-state index in [-0.39, 0.29) is 11.8 Å². The number of carbonyl (C=O) groups is 2. The molecule has 30 heavy (non-hydrogen) atoms. The number of thiazole rings is 1. The lowest BCUT2D eigenvalue weighted by Crippen LogP contribution is -2.51. The maximum Gasteiger partial charge on any atom is 0.274 e. The van der Waals surface area contributed by atoms with Crippen LogP contribution < -0.4 is 10.6 Å². The molecule has 0 bridgehead atoms. The third kappa shape index (κ3) is 4.83. The van der Waals surface area contributed by atoms with Gasteiger partial charge in [-0.25, -0.2) is 4.98 Å². The number of rotatable bonds is 6. The maximum absolute atomic E-state index is 13.1. The molecule has 1 aromatic carbocycles. The summed E-state index contributed by atoms with van der Waals surface area (Å²) in [4.78, 5) is 36.1. The van der Waals surface area contributed by atoms with Crippen molar-refractivity contribution >= 4 is 34.0 Å². The summed E-state index contributed by atoms with van der Waals surface area (Å²) in [6.07, 6.45) is 5.89. The van der Waals surface area contributed by atoms with Crippen molar-refractivity contribution in [3.05, 3.63) is 71.5 Å². The average molecular weight is 422 g/mol. The molecule has 0 aliphatic carbocycles. The summed E-state index contributed by atoms with van der Waals surface area (Å²) < 4.78 is 0. The van der Waals surface area contributed by atoms with E-state index in [0.717, 1.165) is 24.1 Å². The van der Waals surface area contributed by atoms with Crippen LogP contribution in [0.25, 0.3) is 0 Å². The van der Waals surface area contributed by atoms with Gasteiger partial charge in [0.05, 0.1) is 0 Å². The van der Waals surface area contributed by atoms with Gasteiger partial charge in [0, 0.05) is 36.6 Å². The fraction of sp³-hybridized carbons (Fsp3) is 0.273. The van der Waals surface area contributed by atoms with Crippen molar-refractivity contribution < 1.29 is 9.59 Å². The molecule has 154 valence electrons. The van der Waals surface area contributed by atoms with Gasteiger partial charge in [-0.1, -0.05) is 24.3 Å². The highest BCUT2D eigenvalue weighted by molar-refractivity contribution is 7.14. The van der Waals surface area contributed by atoms with Crippen molar-refractivity contribution in [1.29, 1.82) is 0 Å². The first-order chi connectivity index (χ1) is 14.7. The van der Waals surface area contributed by atoms with E-state index in [2.05, 4.69) is 20.6 Å². The van der Waals surface area contributed by atoms with Gasteiger partial charge in [0.25, 0.3) is 5.91 Å². The molecule has 2 amide bonds. The van der Waals surface area contributed by atoms with Crippen LogP contribution in [-0.2, 0) is 11.3 Å². The first kappa shape index (κ1) is 20.0. The predicted molar refractivity (Wildman–Crippen MR) is 117 cm³/mol. The second-order valence-corrected chi connectivity index (χ2v) is 7.98. The van der Waals surface area contributed by atoms with Crippen LogP contribution in [0.1, 0.15) is 35.3 Å². The van der Waals surface area contributed by atoms with Gasteiger partial charge in [-0.3, -0.25) is 14.6 Å². The molecule has 8 heteroatoms. The van der Waals surface area contributed by atoms with Gasteiger partial charge in [-0.05, 0) is 43.0 Å². The summed E-state index contributed by atoms with van der Waals surface area (Å²) in [7, 11) is 0. The largest absolute Gasteiger partial charge is 0.350 e. The van der Waals surface area contributed by atoms with Gasteiger partial charge in [-0.2, -0.15) is 0 Å². The summed E-state index contributed by atoms with van der Waals surface area (Å²) in [6, 6.07) is 13.0. The minimum absolute atomic E-state index is 0.134. The second-order valence-electron chi connectivity index (χ2n) is 7.12. The van der Waals surface area contributed by atoms with Crippen LogP contribution in [0.15, 0.2) is 60.2 Å². The number of nitrogens with zero attached hydrogens (tertiary/aromatic N) is 3. The van der Waals surface area contributed by atoms with E-state index in [9.17, 15) is 9.59 Å². The van der Waals surface area contributed by atoms with Crippen molar-refractivity contribution in [2.45, 2.75) is 31.8 Å². The van der Waals surface area contributed by atoms with Crippen molar-refractivity contribution in [3.8, 4) is 0 Å². The number of piperidine rings is 1. The number of anilines is 2. The average Bonchev–Trinajstić information content (AvgIpc) is 3.27. The zero-order valence-electron chi connectivity index (χ0n) is 16.5. The Hall–Kier alpha value is -3.26. The Bertz CT molecular complexity index is 993. The molecule has 1 aliphatic heterocycles. The van der Waals surface area contributed by atoms with Crippen molar-refractivity contribution in [3.63, 3.8) is 0 Å². The number of carbonyl (C=O) groups excluding carboxylic acids is 2. The number of benzene rings is 1. The highest BCUT2D eigenvalue weighted by atomic mass is 32.1. The monoisotopic (exact) mass is 421 g/mol. The lowest BCUT2D eigenvalue weighted by Gasteiger charge is -2.34. The second kappa shape index (κ2) is 9.49. The lowest BCUT2D eigenvalue weighted by atomic mass is 10.0. The third-order valence-electron chi connectivity index (χ3n) is 5.00. The van der Waals surface area contributed by atoms with Crippen molar-refractivity contribution in [2.75, 3.05) is 11.9 Å². The molecule has 3 heterocycles. The third-order valence-corrected chi connectivity index (χ3v) is 5.76. The molecular formula is C22H23N5O2S. The summed E-state index contributed by atoms with van der Waals surface area (Å²) in [5, 5.41) is 8.54. The molecular weight excluding hydrogens is 398 g/mol. The maximum atomic E-state index is 13.1. The number of hydrogen-bond donors (Lipinski definition) is 2. The molecule has 7 nitrogen and oxygen atoms in total. The number of aromatic nitrogens is 2. The fourth-order valence-corrected chi connectivity index (χ4v) is 4.18. The Morgan fingerprint density at radius 3 is 2.80 bits per heavy atom. The van der Waals surface area contributed by atoms with Crippen LogP contribution in [0.4, 0.5) is 10.8 Å². The minimum Gasteiger partial charge on any atom is -0.350 e. The highest BCUT2D eigenvalue weighted by Gasteiger charge is 2.33. The summed E-state index contributed by atoms with van der Waals surface area (Å²) in [5.41, 5.74) is 2.21. The quantitative estimate of drug-likeness (QED) is 0.635. The van der Waals surface area contributed by atoms with Gasteiger partial charge in [0.2, 0.25) is 5.91 Å². The molecule has 1 fully saturated rings. The minimum atomic E-state index is -0.477. The molecule has 1 saturated heterocycles. The molecule has 0 saturated carbocycles. The molecule has 3 aromatic rings. The van der Waals surface area contributed by atoms with Crippen LogP contribution in [0.2, 0.25) is 0 Å². The Morgan fingerprint density at radius 1 is 1.13 bits per heavy atom. The van der Waals surface area contributed by atoms with Crippen LogP contribution in [0.3, 0.4) is 0 Å². The highest BCUT2D eigenvalue weighted by Crippen LogP contribution is 2.24. The Balaban J connectivity index is 1.42. The first-order valence-electron chi connectivity index (χ1n) is 9.96. The zero-order chi connectivity index (χ0) is 20.8. The SMILES string of the molecule is O=C(NCc1cccnc1)C1CCCCN1C(=O)c1csc(Nc2ccccc2)n1. The van der Waals surface area contributed by atoms with Crippen molar-refractivity contribution in [1.82, 2.24) is 20.2 Å². The van der Waals surface area contributed by atoms with E-state index in [0.29, 0.717) is 30.3 Å². The van der Waals surface area contributed by atoms with Gasteiger partial charge >= 0.3 is 0 Å². The van der Waals surface area contributed by atoms with Crippen LogP contribution >= 0.6 is 11.3 Å². The van der Waals surface area contributed by atoms with Crippen LogP contribution in [0.5, 0.6) is 0 Å². The Kier molecular flexibility index (Phi) is 6.34. The molecule has 0 spiro atoms. The normalized spacial score (nSPS) is 16.1. The van der Waals surface area contributed by atoms with E-state index >= 15 is 0 Å². The summed E-state index contributed by atoms with van der Waals surface area (Å²) in [6.45, 7) is 0.954. The Morgan fingerprint density at radius 2 is 2.00 bits per heavy atom. The number of para-hydroxylation sites is 1. The number of pyridine rings is 1. The van der Waals surface area contributed by atoms with E-state index in [4.69, 9.17) is 0 Å². The van der Waals surface area contributed by atoms with Gasteiger partial charge in [-0.15, -0.1) is 11.3 Å². The molecule has 2 N–H and O–H groups in total. The molecule has 1 atom stereocenters. The Labute approximate surface area is 179 Å². The first-order valence-corrected chi connectivity index (χ1v) is 10.8. The number of hydrogen-bond acceptors (Lipinski definition) is 6. The van der Waals surface area contributed by atoms with E-state index in [1.807, 2.05) is 42.5 Å². The number of amides is 2. The standard InChI is InChI=1S/C22H23N5O2S/c28-20(24-14-16-7-6-11-23-13-16)19-10-4-5-12-27(19)21(29)18-15-30-22(26-18)25-17-8-2-1-3-9-17/h1-3,6-9,11,13,15,19H,4-5,10,12,14H2,(H,24,28)(H,25,26). The number of likely N-dealkylation sites (tertiary alicyclic amines) is 1. The molecule has 1 unspecified atom stereocenters. The van der Waals surface area contributed by atoms with Gasteiger partial charge in [0.15, 0.2) is 5.13 Å². The van der Waals surface area contributed by atoms with E-state index < -0.39 is 6.04 Å². The van der Waals surface area contributed by atoms with Gasteiger partial charge < -0.3 is 15.5 Å². The smallest absolute Gasteiger partial charge is 0.274 e. The fourth-order valence-electron chi connectivity index (χ4n) is 3.48. The van der Waals surface area contributed by atoms with Crippen molar-refractivity contribution in [2.24, 2.45) is 0 Å². The zero-order valence-corrected chi connectivity index (χ0v) is 17.3. The predicted octanol–water partition coefficient (Wildman–Crippen LogP) is 3.59.